The summed E-state index contributed by atoms with van der Waals surface area (Å²) in [5.41, 5.74) is 3.05. The van der Waals surface area contributed by atoms with E-state index in [0.29, 0.717) is 24.6 Å². The summed E-state index contributed by atoms with van der Waals surface area (Å²) in [4.78, 5) is 27.3. The largest absolute Gasteiger partial charge is 0.355 e. The van der Waals surface area contributed by atoms with Crippen LogP contribution >= 0.6 is 0 Å². The van der Waals surface area contributed by atoms with Gasteiger partial charge in [0.1, 0.15) is 31.1 Å². The molecule has 5 aromatic rings. The van der Waals surface area contributed by atoms with Gasteiger partial charge in [0.2, 0.25) is 5.91 Å². The molecule has 1 N–H and O–H groups in total. The third-order valence-corrected chi connectivity index (χ3v) is 5.46. The topological polar surface area (TPSA) is 132 Å². The van der Waals surface area contributed by atoms with Gasteiger partial charge in [0.05, 0.1) is 11.6 Å². The number of nitrogens with one attached hydrogen (secondary N) is 1. The van der Waals surface area contributed by atoms with Crippen LogP contribution in [-0.4, -0.2) is 63.5 Å². The summed E-state index contributed by atoms with van der Waals surface area (Å²) in [5.74, 6) is 1.21. The van der Waals surface area contributed by atoms with Crippen LogP contribution in [0.5, 0.6) is 0 Å². The number of hydrogen-bond acceptors (Lipinski definition) is 9. The monoisotopic (exact) mass is 439 g/mol. The fraction of sp³-hybridized carbons (Fsp3) is 0.143. The Labute approximate surface area is 187 Å². The maximum absolute atomic E-state index is 12.8. The van der Waals surface area contributed by atoms with Gasteiger partial charge in [-0.3, -0.25) is 4.79 Å². The normalized spacial score (nSPS) is 13.8. The van der Waals surface area contributed by atoms with Crippen molar-refractivity contribution in [2.75, 3.05) is 23.3 Å². The highest BCUT2D eigenvalue weighted by Crippen LogP contribution is 2.26. The minimum absolute atomic E-state index is 0.0313. The lowest BCUT2D eigenvalue weighted by atomic mass is 9.99. The summed E-state index contributed by atoms with van der Waals surface area (Å²) in [6.45, 7) is 1.15. The van der Waals surface area contributed by atoms with Crippen molar-refractivity contribution in [1.82, 2.24) is 44.5 Å². The molecular weight excluding hydrogens is 422 g/mol. The van der Waals surface area contributed by atoms with E-state index in [1.54, 1.807) is 21.9 Å². The average molecular weight is 439 g/mol. The molecule has 0 saturated carbocycles. The summed E-state index contributed by atoms with van der Waals surface area (Å²) in [6, 6.07) is 13.2. The van der Waals surface area contributed by atoms with Crippen molar-refractivity contribution in [1.29, 1.82) is 0 Å². The second-order valence-corrected chi connectivity index (χ2v) is 7.60. The van der Waals surface area contributed by atoms with Gasteiger partial charge in [-0.05, 0) is 24.3 Å². The Bertz CT molecular complexity index is 1440. The van der Waals surface area contributed by atoms with E-state index < -0.39 is 0 Å². The smallest absolute Gasteiger partial charge is 0.231 e. The standard InChI is InChI=1S/C21H17N11O/c33-21(15-8-30(9-15)19-7-20(24-11-23-19)31-12-22-10-26-31)27-16-3-1-2-14(6-16)17-4-5-18-28-25-13-32(18)29-17/h1-7,10-13,15H,8-9H2,(H,27,33). The lowest BCUT2D eigenvalue weighted by Gasteiger charge is -2.39. The zero-order valence-electron chi connectivity index (χ0n) is 17.2. The minimum atomic E-state index is -0.134. The molecule has 162 valence electrons. The van der Waals surface area contributed by atoms with Crippen molar-refractivity contribution in [3.8, 4) is 17.1 Å². The molecule has 1 amide bonds. The van der Waals surface area contributed by atoms with Crippen LogP contribution in [0.1, 0.15) is 0 Å². The Balaban J connectivity index is 1.12. The number of anilines is 2. The molecular formula is C21H17N11O. The molecule has 0 aliphatic carbocycles. The molecule has 1 saturated heterocycles. The van der Waals surface area contributed by atoms with E-state index >= 15 is 0 Å². The summed E-state index contributed by atoms with van der Waals surface area (Å²) < 4.78 is 3.18. The average Bonchev–Trinajstić information content (AvgIpc) is 3.50. The van der Waals surface area contributed by atoms with Gasteiger partial charge in [-0.2, -0.15) is 14.7 Å². The van der Waals surface area contributed by atoms with E-state index in [1.165, 1.54) is 12.7 Å². The molecule has 1 aliphatic heterocycles. The molecule has 4 aromatic heterocycles. The molecule has 0 atom stereocenters. The van der Waals surface area contributed by atoms with Crippen molar-refractivity contribution in [3.63, 3.8) is 0 Å². The van der Waals surface area contributed by atoms with Crippen molar-refractivity contribution >= 4 is 23.1 Å². The Morgan fingerprint density at radius 2 is 1.91 bits per heavy atom. The van der Waals surface area contributed by atoms with E-state index in [1.807, 2.05) is 47.4 Å². The molecule has 12 nitrogen and oxygen atoms in total. The fourth-order valence-corrected chi connectivity index (χ4v) is 3.68. The molecule has 1 aliphatic rings. The van der Waals surface area contributed by atoms with Crippen LogP contribution in [0, 0.1) is 5.92 Å². The molecule has 0 bridgehead atoms. The maximum atomic E-state index is 12.8. The number of nitrogens with zero attached hydrogens (tertiary/aromatic N) is 10. The van der Waals surface area contributed by atoms with Crippen LogP contribution in [0.4, 0.5) is 11.5 Å². The fourth-order valence-electron chi connectivity index (χ4n) is 3.68. The maximum Gasteiger partial charge on any atom is 0.231 e. The molecule has 5 heterocycles. The highest BCUT2D eigenvalue weighted by molar-refractivity contribution is 5.94. The van der Waals surface area contributed by atoms with Crippen LogP contribution in [0.25, 0.3) is 22.7 Å². The van der Waals surface area contributed by atoms with Crippen molar-refractivity contribution < 1.29 is 4.79 Å². The molecule has 0 unspecified atom stereocenters. The van der Waals surface area contributed by atoms with Gasteiger partial charge in [0, 0.05) is 30.4 Å². The molecule has 12 heteroatoms. The third kappa shape index (κ3) is 3.63. The second-order valence-electron chi connectivity index (χ2n) is 7.60. The highest BCUT2D eigenvalue weighted by Gasteiger charge is 2.33. The first-order valence-corrected chi connectivity index (χ1v) is 10.2. The van der Waals surface area contributed by atoms with Gasteiger partial charge in [0.15, 0.2) is 11.5 Å². The van der Waals surface area contributed by atoms with Gasteiger partial charge >= 0.3 is 0 Å². The predicted molar refractivity (Wildman–Crippen MR) is 117 cm³/mol. The van der Waals surface area contributed by atoms with E-state index in [-0.39, 0.29) is 11.8 Å². The summed E-state index contributed by atoms with van der Waals surface area (Å²) >= 11 is 0. The Morgan fingerprint density at radius 1 is 1.00 bits per heavy atom. The highest BCUT2D eigenvalue weighted by atomic mass is 16.2. The number of carbonyl (C=O) groups excluding carboxylic acids is 1. The predicted octanol–water partition coefficient (Wildman–Crippen LogP) is 1.24. The summed E-state index contributed by atoms with van der Waals surface area (Å²) in [5, 5.41) is 19.4. The number of aromatic nitrogens is 9. The number of rotatable bonds is 5. The molecule has 6 rings (SSSR count). The number of carbonyl (C=O) groups is 1. The van der Waals surface area contributed by atoms with Crippen LogP contribution < -0.4 is 10.2 Å². The number of amides is 1. The lowest BCUT2D eigenvalue weighted by molar-refractivity contribution is -0.120. The Hall–Kier alpha value is -4.74. The third-order valence-electron chi connectivity index (χ3n) is 5.46. The zero-order chi connectivity index (χ0) is 22.2. The number of fused-ring (bicyclic) bond motifs is 1. The second kappa shape index (κ2) is 7.75. The quantitative estimate of drug-likeness (QED) is 0.429. The first kappa shape index (κ1) is 19.0. The van der Waals surface area contributed by atoms with Gasteiger partial charge in [0.25, 0.3) is 0 Å². The van der Waals surface area contributed by atoms with Gasteiger partial charge in [-0.1, -0.05) is 12.1 Å². The number of benzene rings is 1. The first-order valence-electron chi connectivity index (χ1n) is 10.2. The van der Waals surface area contributed by atoms with Gasteiger partial charge in [-0.25, -0.2) is 19.6 Å². The lowest BCUT2D eigenvalue weighted by Crippen LogP contribution is -2.52. The van der Waals surface area contributed by atoms with Gasteiger partial charge < -0.3 is 10.2 Å². The van der Waals surface area contributed by atoms with E-state index in [9.17, 15) is 4.79 Å². The van der Waals surface area contributed by atoms with Crippen LogP contribution in [0.15, 0.2) is 67.8 Å². The van der Waals surface area contributed by atoms with Crippen molar-refractivity contribution in [2.45, 2.75) is 0 Å². The first-order chi connectivity index (χ1) is 16.2. The molecule has 0 spiro atoms. The SMILES string of the molecule is O=C(Nc1cccc(-c2ccc3nncn3n2)c1)C1CN(c2cc(-n3cncn3)ncn2)C1. The molecule has 0 radical (unpaired) electrons. The summed E-state index contributed by atoms with van der Waals surface area (Å²) in [6.07, 6.45) is 6.06. The van der Waals surface area contributed by atoms with E-state index in [2.05, 4.69) is 40.7 Å². The van der Waals surface area contributed by atoms with Gasteiger partial charge in [-0.15, -0.1) is 10.2 Å². The summed E-state index contributed by atoms with van der Waals surface area (Å²) in [7, 11) is 0. The van der Waals surface area contributed by atoms with E-state index in [4.69, 9.17) is 0 Å². The zero-order valence-corrected chi connectivity index (χ0v) is 17.2. The molecule has 1 fully saturated rings. The molecule has 1 aromatic carbocycles. The van der Waals surface area contributed by atoms with Crippen LogP contribution in [-0.2, 0) is 4.79 Å². The molecule has 33 heavy (non-hydrogen) atoms. The Kier molecular flexibility index (Phi) is 4.46. The number of hydrogen-bond donors (Lipinski definition) is 1. The van der Waals surface area contributed by atoms with Crippen LogP contribution in [0.3, 0.4) is 0 Å². The minimum Gasteiger partial charge on any atom is -0.355 e. The van der Waals surface area contributed by atoms with Crippen molar-refractivity contribution in [3.05, 3.63) is 67.8 Å². The van der Waals surface area contributed by atoms with E-state index in [0.717, 1.165) is 22.8 Å². The van der Waals surface area contributed by atoms with Crippen molar-refractivity contribution in [2.24, 2.45) is 5.92 Å². The van der Waals surface area contributed by atoms with Crippen LogP contribution in [0.2, 0.25) is 0 Å². The Morgan fingerprint density at radius 3 is 2.79 bits per heavy atom.